The number of aliphatic hydroxyl groups is 1. The van der Waals surface area contributed by atoms with Crippen LogP contribution in [-0.4, -0.2) is 44.8 Å². The molecule has 4 rings (SSSR count). The maximum atomic E-state index is 12.4. The number of carbonyl (C=O) groups is 1. The molecule has 1 fully saturated rings. The van der Waals surface area contributed by atoms with Gasteiger partial charge in [-0.3, -0.25) is 9.89 Å². The molecule has 1 amide bonds. The lowest BCUT2D eigenvalue weighted by Crippen LogP contribution is -2.64. The van der Waals surface area contributed by atoms with E-state index in [2.05, 4.69) is 22.3 Å². The summed E-state index contributed by atoms with van der Waals surface area (Å²) in [5.41, 5.74) is 3.32. The molecule has 26 heavy (non-hydrogen) atoms. The Balaban J connectivity index is 1.33. The number of hydrogen-bond acceptors (Lipinski definition) is 3. The highest BCUT2D eigenvalue weighted by atomic mass is 16.3. The summed E-state index contributed by atoms with van der Waals surface area (Å²) in [6.45, 7) is 0.736. The third-order valence-corrected chi connectivity index (χ3v) is 4.82. The SMILES string of the molecule is O=C(Cc1ccc(-c2ccccc2)cc1)N1CC(O)(Cc2ccn[nH]2)C1. The number of hydrogen-bond donors (Lipinski definition) is 2. The molecule has 2 heterocycles. The van der Waals surface area contributed by atoms with Crippen molar-refractivity contribution in [1.29, 1.82) is 0 Å². The molecule has 1 aromatic heterocycles. The van der Waals surface area contributed by atoms with Gasteiger partial charge in [-0.05, 0) is 22.8 Å². The summed E-state index contributed by atoms with van der Waals surface area (Å²) in [5.74, 6) is 0.0479. The van der Waals surface area contributed by atoms with Crippen LogP contribution in [0, 0.1) is 0 Å². The van der Waals surface area contributed by atoms with Crippen LogP contribution in [0.5, 0.6) is 0 Å². The first-order valence-electron chi connectivity index (χ1n) is 8.74. The summed E-state index contributed by atoms with van der Waals surface area (Å²) >= 11 is 0. The molecule has 0 aliphatic carbocycles. The predicted octanol–water partition coefficient (Wildman–Crippen LogP) is 2.44. The van der Waals surface area contributed by atoms with Crippen molar-refractivity contribution in [2.75, 3.05) is 13.1 Å². The van der Waals surface area contributed by atoms with Gasteiger partial charge in [0.05, 0.1) is 19.5 Å². The van der Waals surface area contributed by atoms with E-state index in [1.165, 1.54) is 0 Å². The Hall–Kier alpha value is -2.92. The minimum Gasteiger partial charge on any atom is -0.386 e. The first-order chi connectivity index (χ1) is 12.6. The van der Waals surface area contributed by atoms with E-state index in [0.717, 1.165) is 22.4 Å². The second-order valence-corrected chi connectivity index (χ2v) is 6.97. The number of likely N-dealkylation sites (tertiary alicyclic amines) is 1. The predicted molar refractivity (Wildman–Crippen MR) is 99.4 cm³/mol. The number of β-amino-alcohol motifs (C(OH)–C–C–N with tert-alkyl or cyclic N) is 1. The Morgan fingerprint density at radius 1 is 1.04 bits per heavy atom. The Morgan fingerprint density at radius 2 is 1.73 bits per heavy atom. The van der Waals surface area contributed by atoms with Gasteiger partial charge in [-0.25, -0.2) is 0 Å². The van der Waals surface area contributed by atoms with Crippen LogP contribution in [0.1, 0.15) is 11.3 Å². The van der Waals surface area contributed by atoms with Crippen molar-refractivity contribution in [2.45, 2.75) is 18.4 Å². The molecule has 0 saturated carbocycles. The molecule has 5 nitrogen and oxygen atoms in total. The lowest BCUT2D eigenvalue weighted by molar-refractivity contribution is -0.154. The zero-order valence-electron chi connectivity index (χ0n) is 14.4. The molecule has 0 bridgehead atoms. The fourth-order valence-electron chi connectivity index (χ4n) is 3.42. The van der Waals surface area contributed by atoms with Crippen molar-refractivity contribution in [1.82, 2.24) is 15.1 Å². The molecule has 0 spiro atoms. The molecule has 2 aromatic carbocycles. The quantitative estimate of drug-likeness (QED) is 0.745. The fourth-order valence-corrected chi connectivity index (χ4v) is 3.42. The van der Waals surface area contributed by atoms with E-state index in [9.17, 15) is 9.90 Å². The summed E-state index contributed by atoms with van der Waals surface area (Å²) < 4.78 is 0. The second kappa shape index (κ2) is 6.77. The van der Waals surface area contributed by atoms with Gasteiger partial charge in [-0.1, -0.05) is 54.6 Å². The Labute approximate surface area is 152 Å². The van der Waals surface area contributed by atoms with Gasteiger partial charge in [0.25, 0.3) is 0 Å². The summed E-state index contributed by atoms with van der Waals surface area (Å²) in [7, 11) is 0. The number of carbonyl (C=O) groups excluding carboxylic acids is 1. The smallest absolute Gasteiger partial charge is 0.227 e. The molecule has 2 N–H and O–H groups in total. The molecule has 1 saturated heterocycles. The van der Waals surface area contributed by atoms with E-state index < -0.39 is 5.60 Å². The minimum absolute atomic E-state index is 0.0479. The Morgan fingerprint density at radius 3 is 2.38 bits per heavy atom. The van der Waals surface area contributed by atoms with Crippen molar-refractivity contribution in [3.05, 3.63) is 78.1 Å². The first-order valence-corrected chi connectivity index (χ1v) is 8.74. The lowest BCUT2D eigenvalue weighted by Gasteiger charge is -2.46. The average molecular weight is 347 g/mol. The van der Waals surface area contributed by atoms with Crippen molar-refractivity contribution in [2.24, 2.45) is 0 Å². The lowest BCUT2D eigenvalue weighted by atomic mass is 9.88. The number of nitrogens with zero attached hydrogens (tertiary/aromatic N) is 2. The van der Waals surface area contributed by atoms with E-state index in [1.807, 2.05) is 48.5 Å². The van der Waals surface area contributed by atoms with E-state index in [1.54, 1.807) is 11.1 Å². The molecule has 0 atom stereocenters. The second-order valence-electron chi connectivity index (χ2n) is 6.97. The molecular weight excluding hydrogens is 326 g/mol. The third-order valence-electron chi connectivity index (χ3n) is 4.82. The van der Waals surface area contributed by atoms with E-state index in [0.29, 0.717) is 25.9 Å². The van der Waals surface area contributed by atoms with E-state index >= 15 is 0 Å². The molecule has 132 valence electrons. The van der Waals surface area contributed by atoms with Crippen molar-refractivity contribution < 1.29 is 9.90 Å². The first kappa shape index (κ1) is 16.5. The van der Waals surface area contributed by atoms with Crippen LogP contribution >= 0.6 is 0 Å². The number of rotatable bonds is 5. The van der Waals surface area contributed by atoms with Gasteiger partial charge in [-0.15, -0.1) is 0 Å². The van der Waals surface area contributed by atoms with Crippen LogP contribution in [0.3, 0.4) is 0 Å². The monoisotopic (exact) mass is 347 g/mol. The number of aromatic amines is 1. The van der Waals surface area contributed by atoms with Gasteiger partial charge in [-0.2, -0.15) is 5.10 Å². The Kier molecular flexibility index (Phi) is 4.31. The van der Waals surface area contributed by atoms with Crippen LogP contribution < -0.4 is 0 Å². The number of nitrogens with one attached hydrogen (secondary N) is 1. The molecule has 1 aliphatic heterocycles. The topological polar surface area (TPSA) is 69.2 Å². The summed E-state index contributed by atoms with van der Waals surface area (Å²) in [6, 6.07) is 20.1. The van der Waals surface area contributed by atoms with Crippen LogP contribution in [-0.2, 0) is 17.6 Å². The Bertz CT molecular complexity index is 867. The molecule has 3 aromatic rings. The van der Waals surface area contributed by atoms with Crippen molar-refractivity contribution >= 4 is 5.91 Å². The number of H-pyrrole nitrogens is 1. The van der Waals surface area contributed by atoms with Crippen molar-refractivity contribution in [3.8, 4) is 11.1 Å². The van der Waals surface area contributed by atoms with Crippen LogP contribution in [0.15, 0.2) is 66.9 Å². The summed E-state index contributed by atoms with van der Waals surface area (Å²) in [4.78, 5) is 14.1. The van der Waals surface area contributed by atoms with Crippen LogP contribution in [0.25, 0.3) is 11.1 Å². The van der Waals surface area contributed by atoms with Crippen LogP contribution in [0.4, 0.5) is 0 Å². The fraction of sp³-hybridized carbons (Fsp3) is 0.238. The summed E-state index contributed by atoms with van der Waals surface area (Å²) in [5, 5.41) is 17.2. The highest BCUT2D eigenvalue weighted by Crippen LogP contribution is 2.26. The van der Waals surface area contributed by atoms with Gasteiger partial charge in [0.2, 0.25) is 5.91 Å². The normalized spacial score (nSPS) is 15.5. The molecular formula is C21H21N3O2. The molecule has 5 heteroatoms. The maximum absolute atomic E-state index is 12.4. The highest BCUT2D eigenvalue weighted by Gasteiger charge is 2.43. The minimum atomic E-state index is -0.848. The zero-order chi connectivity index (χ0) is 18.0. The van der Waals surface area contributed by atoms with Gasteiger partial charge in [0.15, 0.2) is 0 Å². The highest BCUT2D eigenvalue weighted by molar-refractivity contribution is 5.80. The number of aromatic nitrogens is 2. The largest absolute Gasteiger partial charge is 0.386 e. The van der Waals surface area contributed by atoms with Crippen LogP contribution in [0.2, 0.25) is 0 Å². The van der Waals surface area contributed by atoms with Gasteiger partial charge in [0.1, 0.15) is 5.60 Å². The standard InChI is InChI=1S/C21H21N3O2/c25-20(24-14-21(26,15-24)13-19-10-11-22-23-19)12-16-6-8-18(9-7-16)17-4-2-1-3-5-17/h1-11,26H,12-15H2,(H,22,23). The number of benzene rings is 2. The molecule has 0 unspecified atom stereocenters. The van der Waals surface area contributed by atoms with Gasteiger partial charge < -0.3 is 10.0 Å². The molecule has 1 aliphatic rings. The van der Waals surface area contributed by atoms with Gasteiger partial charge in [0, 0.05) is 18.3 Å². The maximum Gasteiger partial charge on any atom is 0.227 e. The van der Waals surface area contributed by atoms with Crippen molar-refractivity contribution in [3.63, 3.8) is 0 Å². The van der Waals surface area contributed by atoms with E-state index in [4.69, 9.17) is 0 Å². The zero-order valence-corrected chi connectivity index (χ0v) is 14.4. The molecule has 0 radical (unpaired) electrons. The average Bonchev–Trinajstić information content (AvgIpc) is 3.14. The van der Waals surface area contributed by atoms with Gasteiger partial charge >= 0.3 is 0 Å². The van der Waals surface area contributed by atoms with E-state index in [-0.39, 0.29) is 5.91 Å². The number of amides is 1. The summed E-state index contributed by atoms with van der Waals surface area (Å²) in [6.07, 6.45) is 2.51. The third kappa shape index (κ3) is 3.53.